The highest BCUT2D eigenvalue weighted by Gasteiger charge is 2.22. The fraction of sp³-hybridized carbons (Fsp3) is 0.100. The molecule has 0 radical (unpaired) electrons. The van der Waals surface area contributed by atoms with Crippen molar-refractivity contribution in [3.8, 4) is 0 Å². The Hall–Kier alpha value is -3.24. The van der Waals surface area contributed by atoms with Crippen molar-refractivity contribution in [1.29, 1.82) is 0 Å². The third-order valence-corrected chi connectivity index (χ3v) is 6.90. The molecular weight excluding hydrogens is 429 g/mol. The minimum absolute atomic E-state index is 0.0324. The number of nitrogens with two attached hydrogens (primary N) is 1. The van der Waals surface area contributed by atoms with E-state index in [0.29, 0.717) is 10.6 Å². The third-order valence-electron chi connectivity index (χ3n) is 4.40. The molecule has 1 aromatic heterocycles. The number of hydrogen-bond donors (Lipinski definition) is 3. The van der Waals surface area contributed by atoms with Crippen LogP contribution in [0.2, 0.25) is 0 Å². The minimum atomic E-state index is -4.05. The number of benzene rings is 2. The Morgan fingerprint density at radius 3 is 2.30 bits per heavy atom. The van der Waals surface area contributed by atoms with Crippen LogP contribution < -0.4 is 15.8 Å². The quantitative estimate of drug-likeness (QED) is 0.534. The summed E-state index contributed by atoms with van der Waals surface area (Å²) in [5.41, 5.74) is 6.40. The number of thiophene rings is 1. The molecule has 1 heterocycles. The summed E-state index contributed by atoms with van der Waals surface area (Å²) in [5, 5.41) is 2.93. The van der Waals surface area contributed by atoms with E-state index >= 15 is 0 Å². The second kappa shape index (κ2) is 8.25. The maximum absolute atomic E-state index is 13.1. The molecule has 10 heteroatoms. The highest BCUT2D eigenvalue weighted by molar-refractivity contribution is 7.92. The molecule has 2 aromatic carbocycles. The summed E-state index contributed by atoms with van der Waals surface area (Å²) >= 11 is 1.20. The molecule has 0 fully saturated rings. The van der Waals surface area contributed by atoms with Crippen molar-refractivity contribution in [3.05, 3.63) is 75.9 Å². The molecular formula is C20H18FN3O4S2. The van der Waals surface area contributed by atoms with E-state index in [1.54, 1.807) is 26.0 Å². The zero-order valence-corrected chi connectivity index (χ0v) is 17.7. The lowest BCUT2D eigenvalue weighted by molar-refractivity contribution is 0.100. The number of aryl methyl sites for hydroxylation is 1. The van der Waals surface area contributed by atoms with Gasteiger partial charge in [0, 0.05) is 4.88 Å². The van der Waals surface area contributed by atoms with Gasteiger partial charge in [-0.1, -0.05) is 12.1 Å². The molecule has 0 unspecified atom stereocenters. The van der Waals surface area contributed by atoms with Crippen molar-refractivity contribution in [2.24, 2.45) is 5.73 Å². The van der Waals surface area contributed by atoms with Crippen LogP contribution in [0.5, 0.6) is 0 Å². The van der Waals surface area contributed by atoms with Gasteiger partial charge in [0.05, 0.1) is 21.7 Å². The number of para-hydroxylation sites is 1. The number of amides is 2. The molecule has 2 amide bonds. The van der Waals surface area contributed by atoms with Crippen molar-refractivity contribution in [1.82, 2.24) is 0 Å². The molecule has 0 aliphatic heterocycles. The van der Waals surface area contributed by atoms with E-state index in [4.69, 9.17) is 5.73 Å². The van der Waals surface area contributed by atoms with Crippen molar-refractivity contribution in [2.45, 2.75) is 18.7 Å². The van der Waals surface area contributed by atoms with E-state index in [1.807, 2.05) is 0 Å². The van der Waals surface area contributed by atoms with Crippen LogP contribution in [-0.4, -0.2) is 20.2 Å². The second-order valence-electron chi connectivity index (χ2n) is 6.41. The molecule has 0 atom stereocenters. The van der Waals surface area contributed by atoms with Crippen molar-refractivity contribution < 1.29 is 22.4 Å². The van der Waals surface area contributed by atoms with E-state index in [9.17, 15) is 22.4 Å². The first kappa shape index (κ1) is 21.5. The highest BCUT2D eigenvalue weighted by atomic mass is 32.2. The minimum Gasteiger partial charge on any atom is -0.365 e. The van der Waals surface area contributed by atoms with E-state index < -0.39 is 27.7 Å². The van der Waals surface area contributed by atoms with Crippen LogP contribution in [0.4, 0.5) is 15.1 Å². The van der Waals surface area contributed by atoms with Crippen LogP contribution in [0.25, 0.3) is 0 Å². The summed E-state index contributed by atoms with van der Waals surface area (Å²) in [4.78, 5) is 25.3. The molecule has 0 aliphatic carbocycles. The van der Waals surface area contributed by atoms with E-state index in [2.05, 4.69) is 10.0 Å². The Kier molecular flexibility index (Phi) is 5.90. The fourth-order valence-corrected chi connectivity index (χ4v) is 4.91. The molecule has 0 spiro atoms. The molecule has 156 valence electrons. The average molecular weight is 448 g/mol. The van der Waals surface area contributed by atoms with E-state index in [0.717, 1.165) is 29.1 Å². The van der Waals surface area contributed by atoms with Gasteiger partial charge in [-0.05, 0) is 55.8 Å². The second-order valence-corrected chi connectivity index (χ2v) is 9.32. The Labute approximate surface area is 176 Å². The lowest BCUT2D eigenvalue weighted by atomic mass is 10.1. The summed E-state index contributed by atoms with van der Waals surface area (Å²) in [5.74, 6) is -1.85. The molecule has 0 bridgehead atoms. The monoisotopic (exact) mass is 447 g/mol. The lowest BCUT2D eigenvalue weighted by Crippen LogP contribution is -2.20. The molecule has 4 N–H and O–H groups in total. The molecule has 7 nitrogen and oxygen atoms in total. The first-order valence-electron chi connectivity index (χ1n) is 8.68. The summed E-state index contributed by atoms with van der Waals surface area (Å²) in [6.45, 7) is 3.53. The first-order valence-corrected chi connectivity index (χ1v) is 11.0. The summed E-state index contributed by atoms with van der Waals surface area (Å²) in [6.07, 6.45) is 0. The maximum atomic E-state index is 13.1. The van der Waals surface area contributed by atoms with Crippen LogP contribution in [0.1, 0.15) is 31.2 Å². The lowest BCUT2D eigenvalue weighted by Gasteiger charge is -2.13. The largest absolute Gasteiger partial charge is 0.365 e. The van der Waals surface area contributed by atoms with Gasteiger partial charge in [0.2, 0.25) is 0 Å². The molecule has 3 rings (SSSR count). The average Bonchev–Trinajstić information content (AvgIpc) is 2.95. The summed E-state index contributed by atoms with van der Waals surface area (Å²) in [6, 6.07) is 10.3. The van der Waals surface area contributed by atoms with Gasteiger partial charge in [-0.15, -0.1) is 11.3 Å². The number of halogens is 1. The number of carbonyl (C=O) groups is 2. The zero-order valence-electron chi connectivity index (χ0n) is 16.0. The van der Waals surface area contributed by atoms with Crippen LogP contribution in [0.15, 0.2) is 53.4 Å². The molecule has 30 heavy (non-hydrogen) atoms. The van der Waals surface area contributed by atoms with Crippen molar-refractivity contribution in [2.75, 3.05) is 10.0 Å². The fourth-order valence-electron chi connectivity index (χ4n) is 2.77. The number of rotatable bonds is 6. The van der Waals surface area contributed by atoms with Gasteiger partial charge < -0.3 is 11.1 Å². The Balaban J connectivity index is 1.92. The predicted octanol–water partition coefficient (Wildman–Crippen LogP) is 3.66. The van der Waals surface area contributed by atoms with Crippen molar-refractivity contribution >= 4 is 43.9 Å². The van der Waals surface area contributed by atoms with Gasteiger partial charge in [0.1, 0.15) is 10.8 Å². The Bertz CT molecular complexity index is 1240. The van der Waals surface area contributed by atoms with Crippen molar-refractivity contribution in [3.63, 3.8) is 0 Å². The van der Waals surface area contributed by atoms with Gasteiger partial charge in [0.15, 0.2) is 0 Å². The third kappa shape index (κ3) is 4.34. The highest BCUT2D eigenvalue weighted by Crippen LogP contribution is 2.33. The van der Waals surface area contributed by atoms with Crippen LogP contribution >= 0.6 is 11.3 Å². The van der Waals surface area contributed by atoms with E-state index in [-0.39, 0.29) is 21.7 Å². The predicted molar refractivity (Wildman–Crippen MR) is 114 cm³/mol. The normalized spacial score (nSPS) is 11.2. The first-order chi connectivity index (χ1) is 14.1. The van der Waals surface area contributed by atoms with E-state index in [1.165, 1.54) is 23.5 Å². The van der Waals surface area contributed by atoms with Crippen LogP contribution in [-0.2, 0) is 10.0 Å². The van der Waals surface area contributed by atoms with Gasteiger partial charge >= 0.3 is 0 Å². The number of primary amides is 1. The maximum Gasteiger partial charge on any atom is 0.261 e. The van der Waals surface area contributed by atoms with Gasteiger partial charge in [-0.3, -0.25) is 14.3 Å². The standard InChI is InChI=1S/C20H18FN3O4S2/c1-11-12(2)29-20(17(11)18(22)25)23-19(26)15-5-3-4-6-16(15)24-30(27,28)14-9-7-13(21)8-10-14/h3-10,24H,1-2H3,(H2,22,25)(H,23,26). The number of nitrogens with one attached hydrogen (secondary N) is 2. The molecule has 0 saturated carbocycles. The van der Waals surface area contributed by atoms with Gasteiger partial charge in [-0.2, -0.15) is 0 Å². The Morgan fingerprint density at radius 1 is 1.03 bits per heavy atom. The number of sulfonamides is 1. The number of anilines is 2. The molecule has 0 aliphatic rings. The summed E-state index contributed by atoms with van der Waals surface area (Å²) < 4.78 is 40.7. The van der Waals surface area contributed by atoms with Gasteiger partial charge in [0.25, 0.3) is 21.8 Å². The van der Waals surface area contributed by atoms with Gasteiger partial charge in [-0.25, -0.2) is 12.8 Å². The SMILES string of the molecule is Cc1sc(NC(=O)c2ccccc2NS(=O)(=O)c2ccc(F)cc2)c(C(N)=O)c1C. The zero-order chi connectivity index (χ0) is 22.1. The molecule has 0 saturated heterocycles. The topological polar surface area (TPSA) is 118 Å². The smallest absolute Gasteiger partial charge is 0.261 e. The van der Waals surface area contributed by atoms with Crippen LogP contribution in [0, 0.1) is 19.7 Å². The Morgan fingerprint density at radius 2 is 1.67 bits per heavy atom. The molecule has 3 aromatic rings. The number of carbonyl (C=O) groups excluding carboxylic acids is 2. The van der Waals surface area contributed by atoms with Crippen LogP contribution in [0.3, 0.4) is 0 Å². The summed E-state index contributed by atoms with van der Waals surface area (Å²) in [7, 11) is -4.05. The number of hydrogen-bond acceptors (Lipinski definition) is 5.